The van der Waals surface area contributed by atoms with E-state index in [1.165, 1.54) is 42.3 Å². The molecule has 0 radical (unpaired) electrons. The van der Waals surface area contributed by atoms with Crippen LogP contribution in [0.25, 0.3) is 5.70 Å². The molecule has 0 aliphatic carbocycles. The number of hydrazine groups is 1. The maximum atomic E-state index is 14.0. The van der Waals surface area contributed by atoms with Gasteiger partial charge in [0.1, 0.15) is 6.04 Å². The van der Waals surface area contributed by atoms with E-state index in [-0.39, 0.29) is 34.7 Å². The third kappa shape index (κ3) is 4.09. The number of nitrogens with two attached hydrogens (primary N) is 1. The summed E-state index contributed by atoms with van der Waals surface area (Å²) in [5.74, 6) is -3.00. The van der Waals surface area contributed by atoms with Crippen molar-refractivity contribution in [3.05, 3.63) is 64.7 Å². The van der Waals surface area contributed by atoms with E-state index < -0.39 is 29.8 Å². The number of carbonyl (C=O) groups excluding carboxylic acids is 1. The van der Waals surface area contributed by atoms with Crippen molar-refractivity contribution in [3.63, 3.8) is 0 Å². The molecular weight excluding hydrogens is 407 g/mol. The molecule has 1 unspecified atom stereocenters. The van der Waals surface area contributed by atoms with Gasteiger partial charge in [-0.1, -0.05) is 6.07 Å². The van der Waals surface area contributed by atoms with E-state index >= 15 is 0 Å². The Morgan fingerprint density at radius 1 is 1.20 bits per heavy atom. The van der Waals surface area contributed by atoms with Crippen LogP contribution in [0.5, 0.6) is 0 Å². The van der Waals surface area contributed by atoms with Crippen LogP contribution in [0.4, 0.5) is 33.3 Å². The molecule has 0 fully saturated rings. The molecule has 1 heterocycles. The minimum absolute atomic E-state index is 0.0404. The minimum Gasteiger partial charge on any atom is -0.398 e. The van der Waals surface area contributed by atoms with Gasteiger partial charge < -0.3 is 16.1 Å². The SMILES string of the molecule is CCN1NC(C(F)(F)F)C=C1c1ccc(C(=O)Nc2ccc(C)c(F)c2F)cc1N. The molecule has 0 bridgehead atoms. The maximum absolute atomic E-state index is 14.0. The Morgan fingerprint density at radius 2 is 1.90 bits per heavy atom. The molecule has 1 atom stereocenters. The fourth-order valence-corrected chi connectivity index (χ4v) is 3.06. The number of aryl methyl sites for hydroxylation is 1. The Kier molecular flexibility index (Phi) is 5.71. The van der Waals surface area contributed by atoms with Crippen molar-refractivity contribution < 1.29 is 26.7 Å². The monoisotopic (exact) mass is 426 g/mol. The highest BCUT2D eigenvalue weighted by molar-refractivity contribution is 6.05. The van der Waals surface area contributed by atoms with Crippen LogP contribution in [-0.2, 0) is 0 Å². The fourth-order valence-electron chi connectivity index (χ4n) is 3.06. The van der Waals surface area contributed by atoms with Crippen molar-refractivity contribution >= 4 is 23.0 Å². The molecule has 0 aromatic heterocycles. The number of alkyl halides is 3. The van der Waals surface area contributed by atoms with Gasteiger partial charge in [-0.05, 0) is 49.8 Å². The van der Waals surface area contributed by atoms with Gasteiger partial charge >= 0.3 is 6.18 Å². The number of rotatable bonds is 4. The van der Waals surface area contributed by atoms with Crippen LogP contribution >= 0.6 is 0 Å². The van der Waals surface area contributed by atoms with Gasteiger partial charge in [-0.25, -0.2) is 14.2 Å². The lowest BCUT2D eigenvalue weighted by molar-refractivity contribution is -0.149. The smallest absolute Gasteiger partial charge is 0.398 e. The van der Waals surface area contributed by atoms with Gasteiger partial charge in [-0.15, -0.1) is 0 Å². The number of nitrogens with zero attached hydrogens (tertiary/aromatic N) is 1. The first-order valence-corrected chi connectivity index (χ1v) is 9.01. The highest BCUT2D eigenvalue weighted by Gasteiger charge is 2.43. The van der Waals surface area contributed by atoms with Crippen molar-refractivity contribution in [1.82, 2.24) is 10.4 Å². The number of anilines is 2. The number of hydrogen-bond acceptors (Lipinski definition) is 4. The highest BCUT2D eigenvalue weighted by Crippen LogP contribution is 2.34. The van der Waals surface area contributed by atoms with Crippen molar-refractivity contribution in [1.29, 1.82) is 0 Å². The van der Waals surface area contributed by atoms with E-state index in [1.807, 2.05) is 0 Å². The van der Waals surface area contributed by atoms with Crippen LogP contribution in [0.15, 0.2) is 36.4 Å². The van der Waals surface area contributed by atoms with Crippen molar-refractivity contribution in [2.75, 3.05) is 17.6 Å². The van der Waals surface area contributed by atoms with E-state index in [0.717, 1.165) is 6.08 Å². The molecule has 2 aromatic rings. The van der Waals surface area contributed by atoms with Gasteiger partial charge in [0.05, 0.1) is 11.4 Å². The van der Waals surface area contributed by atoms with Crippen molar-refractivity contribution in [2.24, 2.45) is 0 Å². The Bertz CT molecular complexity index is 1020. The summed E-state index contributed by atoms with van der Waals surface area (Å²) in [4.78, 5) is 12.4. The van der Waals surface area contributed by atoms with Crippen molar-refractivity contribution in [2.45, 2.75) is 26.1 Å². The normalized spacial score (nSPS) is 16.6. The van der Waals surface area contributed by atoms with Gasteiger partial charge in [0.15, 0.2) is 11.6 Å². The molecule has 4 N–H and O–H groups in total. The van der Waals surface area contributed by atoms with Gasteiger partial charge in [-0.3, -0.25) is 4.79 Å². The number of amides is 1. The second-order valence-electron chi connectivity index (χ2n) is 6.76. The number of benzene rings is 2. The molecule has 1 amide bonds. The van der Waals surface area contributed by atoms with Crippen LogP contribution in [0, 0.1) is 18.6 Å². The average molecular weight is 426 g/mol. The van der Waals surface area contributed by atoms with Gasteiger partial charge in [0.2, 0.25) is 0 Å². The van der Waals surface area contributed by atoms with E-state index in [4.69, 9.17) is 5.73 Å². The lowest BCUT2D eigenvalue weighted by atomic mass is 10.0. The molecule has 0 saturated heterocycles. The van der Waals surface area contributed by atoms with Crippen LogP contribution < -0.4 is 16.5 Å². The second-order valence-corrected chi connectivity index (χ2v) is 6.76. The zero-order valence-corrected chi connectivity index (χ0v) is 16.1. The van der Waals surface area contributed by atoms with Crippen LogP contribution in [0.3, 0.4) is 0 Å². The van der Waals surface area contributed by atoms with E-state index in [0.29, 0.717) is 5.56 Å². The summed E-state index contributed by atoms with van der Waals surface area (Å²) in [6.07, 6.45) is -3.46. The minimum atomic E-state index is -4.48. The molecule has 10 heteroatoms. The van der Waals surface area contributed by atoms with E-state index in [9.17, 15) is 26.7 Å². The predicted octanol–water partition coefficient (Wildman–Crippen LogP) is 4.22. The number of nitrogen functional groups attached to an aromatic ring is 1. The van der Waals surface area contributed by atoms with Crippen LogP contribution in [0.2, 0.25) is 0 Å². The molecule has 1 aliphatic rings. The zero-order valence-electron chi connectivity index (χ0n) is 16.1. The molecule has 0 saturated carbocycles. The Morgan fingerprint density at radius 3 is 2.50 bits per heavy atom. The number of halogens is 5. The number of carbonyl (C=O) groups is 1. The summed E-state index contributed by atoms with van der Waals surface area (Å²) in [5.41, 5.74) is 8.73. The second kappa shape index (κ2) is 7.94. The predicted molar refractivity (Wildman–Crippen MR) is 103 cm³/mol. The molecule has 5 nitrogen and oxygen atoms in total. The first kappa shape index (κ1) is 21.6. The first-order valence-electron chi connectivity index (χ1n) is 9.01. The largest absolute Gasteiger partial charge is 0.409 e. The molecule has 30 heavy (non-hydrogen) atoms. The third-order valence-electron chi connectivity index (χ3n) is 4.69. The quantitative estimate of drug-likeness (QED) is 0.506. The standard InChI is InChI=1S/C20H19F5N4O/c1-3-29-15(9-16(28-29)20(23,24)25)12-6-5-11(8-13(12)26)19(30)27-14-7-4-10(2)17(21)18(14)22/h4-9,16,28H,3,26H2,1-2H3,(H,27,30). The molecular formula is C20H19F5N4O. The summed E-state index contributed by atoms with van der Waals surface area (Å²) in [7, 11) is 0. The summed E-state index contributed by atoms with van der Waals surface area (Å²) in [5, 5.41) is 3.58. The Balaban J connectivity index is 1.86. The highest BCUT2D eigenvalue weighted by atomic mass is 19.4. The average Bonchev–Trinajstić information content (AvgIpc) is 3.13. The van der Waals surface area contributed by atoms with Gasteiger partial charge in [0.25, 0.3) is 5.91 Å². The first-order chi connectivity index (χ1) is 14.0. The third-order valence-corrected chi connectivity index (χ3v) is 4.69. The molecule has 160 valence electrons. The molecule has 2 aromatic carbocycles. The molecule has 3 rings (SSSR count). The lowest BCUT2D eigenvalue weighted by Gasteiger charge is -2.24. The molecule has 1 aliphatic heterocycles. The van der Waals surface area contributed by atoms with Gasteiger partial charge in [0, 0.05) is 23.4 Å². The lowest BCUT2D eigenvalue weighted by Crippen LogP contribution is -2.44. The molecule has 0 spiro atoms. The van der Waals surface area contributed by atoms with Crippen LogP contribution in [0.1, 0.15) is 28.4 Å². The summed E-state index contributed by atoms with van der Waals surface area (Å²) >= 11 is 0. The van der Waals surface area contributed by atoms with Gasteiger partial charge in [-0.2, -0.15) is 13.2 Å². The van der Waals surface area contributed by atoms with Crippen molar-refractivity contribution in [3.8, 4) is 0 Å². The number of hydrogen-bond donors (Lipinski definition) is 3. The Labute approximate surface area is 169 Å². The summed E-state index contributed by atoms with van der Waals surface area (Å²) in [6, 6.07) is 4.72. The summed E-state index contributed by atoms with van der Waals surface area (Å²) < 4.78 is 66.8. The van der Waals surface area contributed by atoms with E-state index in [2.05, 4.69) is 10.7 Å². The van der Waals surface area contributed by atoms with Crippen LogP contribution in [-0.4, -0.2) is 29.7 Å². The zero-order chi connectivity index (χ0) is 22.2. The summed E-state index contributed by atoms with van der Waals surface area (Å²) in [6.45, 7) is 3.31. The van der Waals surface area contributed by atoms with E-state index in [1.54, 1.807) is 6.92 Å². The fraction of sp³-hybridized carbons (Fsp3) is 0.250. The Hall–Kier alpha value is -3.14. The number of nitrogens with one attached hydrogen (secondary N) is 2. The topological polar surface area (TPSA) is 70.4 Å². The maximum Gasteiger partial charge on any atom is 0.409 e.